The predicted molar refractivity (Wildman–Crippen MR) is 93.9 cm³/mol. The Morgan fingerprint density at radius 1 is 0.923 bits per heavy atom. The second-order valence-corrected chi connectivity index (χ2v) is 5.58. The molecule has 5 heteroatoms. The number of ether oxygens (including phenoxy) is 2. The third-order valence-corrected chi connectivity index (χ3v) is 3.88. The SMILES string of the molecule is COC(=O)c1ccc(-c2ccc(F)cc2)c(F)c1OCc1ccccc1. The Labute approximate surface area is 149 Å². The Kier molecular flexibility index (Phi) is 5.27. The molecule has 0 amide bonds. The first-order chi connectivity index (χ1) is 12.6. The maximum Gasteiger partial charge on any atom is 0.341 e. The van der Waals surface area contributed by atoms with Crippen molar-refractivity contribution >= 4 is 5.97 Å². The average Bonchev–Trinajstić information content (AvgIpc) is 2.68. The van der Waals surface area contributed by atoms with E-state index in [1.54, 1.807) is 0 Å². The first-order valence-corrected chi connectivity index (χ1v) is 7.93. The van der Waals surface area contributed by atoms with Gasteiger partial charge in [0.1, 0.15) is 18.0 Å². The molecule has 0 unspecified atom stereocenters. The molecule has 0 saturated carbocycles. The largest absolute Gasteiger partial charge is 0.485 e. The summed E-state index contributed by atoms with van der Waals surface area (Å²) in [6, 6.07) is 17.5. The van der Waals surface area contributed by atoms with Crippen molar-refractivity contribution < 1.29 is 23.0 Å². The number of halogens is 2. The number of rotatable bonds is 5. The fourth-order valence-electron chi connectivity index (χ4n) is 2.55. The Bertz CT molecular complexity index is 907. The number of methoxy groups -OCH3 is 1. The van der Waals surface area contributed by atoms with Crippen molar-refractivity contribution in [2.75, 3.05) is 7.11 Å². The lowest BCUT2D eigenvalue weighted by Crippen LogP contribution is -2.08. The summed E-state index contributed by atoms with van der Waals surface area (Å²) in [4.78, 5) is 12.0. The lowest BCUT2D eigenvalue weighted by molar-refractivity contribution is 0.0594. The van der Waals surface area contributed by atoms with Crippen molar-refractivity contribution in [3.05, 3.63) is 89.5 Å². The van der Waals surface area contributed by atoms with Crippen LogP contribution in [0.1, 0.15) is 15.9 Å². The normalized spacial score (nSPS) is 10.4. The van der Waals surface area contributed by atoms with E-state index in [0.717, 1.165) is 5.56 Å². The van der Waals surface area contributed by atoms with Gasteiger partial charge in [-0.25, -0.2) is 13.6 Å². The van der Waals surface area contributed by atoms with Gasteiger partial charge in [0.15, 0.2) is 11.6 Å². The van der Waals surface area contributed by atoms with Gasteiger partial charge in [0, 0.05) is 5.56 Å². The summed E-state index contributed by atoms with van der Waals surface area (Å²) in [7, 11) is 1.22. The fraction of sp³-hybridized carbons (Fsp3) is 0.0952. The minimum absolute atomic E-state index is 0.00760. The van der Waals surface area contributed by atoms with Crippen LogP contribution in [0.15, 0.2) is 66.7 Å². The second kappa shape index (κ2) is 7.78. The molecule has 3 nitrogen and oxygen atoms in total. The van der Waals surface area contributed by atoms with Crippen molar-refractivity contribution in [2.24, 2.45) is 0 Å². The van der Waals surface area contributed by atoms with Gasteiger partial charge in [0.2, 0.25) is 0 Å². The molecule has 26 heavy (non-hydrogen) atoms. The van der Waals surface area contributed by atoms with Crippen LogP contribution in [0.5, 0.6) is 5.75 Å². The smallest absolute Gasteiger partial charge is 0.341 e. The average molecular weight is 354 g/mol. The monoisotopic (exact) mass is 354 g/mol. The predicted octanol–water partition coefficient (Wildman–Crippen LogP) is 5.00. The van der Waals surface area contributed by atoms with Crippen molar-refractivity contribution in [3.8, 4) is 16.9 Å². The van der Waals surface area contributed by atoms with E-state index in [4.69, 9.17) is 9.47 Å². The summed E-state index contributed by atoms with van der Waals surface area (Å²) >= 11 is 0. The van der Waals surface area contributed by atoms with E-state index in [0.29, 0.717) is 5.56 Å². The number of benzene rings is 3. The highest BCUT2D eigenvalue weighted by atomic mass is 19.1. The molecular formula is C21H16F2O3. The number of hydrogen-bond donors (Lipinski definition) is 0. The summed E-state index contributed by atoms with van der Waals surface area (Å²) < 4.78 is 38.5. The summed E-state index contributed by atoms with van der Waals surface area (Å²) in [5.41, 5.74) is 1.51. The number of esters is 1. The van der Waals surface area contributed by atoms with Crippen molar-refractivity contribution in [3.63, 3.8) is 0 Å². The molecule has 3 aromatic carbocycles. The molecule has 0 atom stereocenters. The molecule has 0 saturated heterocycles. The van der Waals surface area contributed by atoms with Gasteiger partial charge in [-0.1, -0.05) is 48.5 Å². The van der Waals surface area contributed by atoms with E-state index >= 15 is 4.39 Å². The zero-order valence-corrected chi connectivity index (χ0v) is 14.0. The van der Waals surface area contributed by atoms with Crippen LogP contribution < -0.4 is 4.74 Å². The van der Waals surface area contributed by atoms with E-state index < -0.39 is 17.6 Å². The van der Waals surface area contributed by atoms with Gasteiger partial charge in [0.05, 0.1) is 7.11 Å². The van der Waals surface area contributed by atoms with Gasteiger partial charge in [-0.15, -0.1) is 0 Å². The number of carbonyl (C=O) groups is 1. The highest BCUT2D eigenvalue weighted by molar-refractivity contribution is 5.93. The maximum atomic E-state index is 15.1. The molecule has 3 rings (SSSR count). The van der Waals surface area contributed by atoms with Gasteiger partial charge < -0.3 is 9.47 Å². The maximum absolute atomic E-state index is 15.1. The van der Waals surface area contributed by atoms with Crippen molar-refractivity contribution in [1.82, 2.24) is 0 Å². The molecule has 3 aromatic rings. The molecule has 0 heterocycles. The van der Waals surface area contributed by atoms with Crippen LogP contribution in [0.2, 0.25) is 0 Å². The van der Waals surface area contributed by atoms with E-state index in [1.807, 2.05) is 30.3 Å². The molecule has 0 aliphatic heterocycles. The van der Waals surface area contributed by atoms with Gasteiger partial charge in [-0.3, -0.25) is 0 Å². The summed E-state index contributed by atoms with van der Waals surface area (Å²) in [6.45, 7) is 0.0919. The van der Waals surface area contributed by atoms with E-state index in [1.165, 1.54) is 43.5 Å². The van der Waals surface area contributed by atoms with E-state index in [2.05, 4.69) is 0 Å². The van der Waals surface area contributed by atoms with Gasteiger partial charge in [-0.05, 0) is 29.3 Å². The summed E-state index contributed by atoms with van der Waals surface area (Å²) in [6.07, 6.45) is 0. The van der Waals surface area contributed by atoms with Gasteiger partial charge in [0.25, 0.3) is 0 Å². The fourth-order valence-corrected chi connectivity index (χ4v) is 2.55. The molecule has 0 spiro atoms. The Morgan fingerprint density at radius 3 is 2.27 bits per heavy atom. The number of hydrogen-bond acceptors (Lipinski definition) is 3. The van der Waals surface area contributed by atoms with E-state index in [9.17, 15) is 9.18 Å². The molecule has 0 aliphatic rings. The second-order valence-electron chi connectivity index (χ2n) is 5.58. The minimum atomic E-state index is -0.699. The molecule has 0 fully saturated rings. The van der Waals surface area contributed by atoms with Gasteiger partial charge >= 0.3 is 5.97 Å². The first kappa shape index (κ1) is 17.6. The highest BCUT2D eigenvalue weighted by Crippen LogP contribution is 2.33. The highest BCUT2D eigenvalue weighted by Gasteiger charge is 2.21. The van der Waals surface area contributed by atoms with Crippen LogP contribution in [0.4, 0.5) is 8.78 Å². The zero-order valence-electron chi connectivity index (χ0n) is 14.0. The molecule has 132 valence electrons. The Balaban J connectivity index is 2.01. The van der Waals surface area contributed by atoms with Crippen LogP contribution in [-0.2, 0) is 11.3 Å². The minimum Gasteiger partial charge on any atom is -0.485 e. The standard InChI is InChI=1S/C21H16F2O3/c1-25-21(24)18-12-11-17(15-7-9-16(22)10-8-15)19(23)20(18)26-13-14-5-3-2-4-6-14/h2-12H,13H2,1H3. The van der Waals surface area contributed by atoms with Crippen LogP contribution in [-0.4, -0.2) is 13.1 Å². The number of carbonyl (C=O) groups excluding carboxylic acids is 1. The van der Waals surface area contributed by atoms with Crippen LogP contribution in [0.25, 0.3) is 11.1 Å². The van der Waals surface area contributed by atoms with Crippen molar-refractivity contribution in [1.29, 1.82) is 0 Å². The third kappa shape index (κ3) is 3.72. The molecule has 0 bridgehead atoms. The quantitative estimate of drug-likeness (QED) is 0.605. The summed E-state index contributed by atoms with van der Waals surface area (Å²) in [5.74, 6) is -2.00. The Hall–Kier alpha value is -3.21. The molecule has 0 aromatic heterocycles. The Morgan fingerprint density at radius 2 is 1.62 bits per heavy atom. The lowest BCUT2D eigenvalue weighted by Gasteiger charge is -2.14. The molecule has 0 aliphatic carbocycles. The van der Waals surface area contributed by atoms with E-state index in [-0.39, 0.29) is 23.5 Å². The first-order valence-electron chi connectivity index (χ1n) is 7.93. The van der Waals surface area contributed by atoms with Crippen LogP contribution in [0, 0.1) is 11.6 Å². The lowest BCUT2D eigenvalue weighted by atomic mass is 10.0. The summed E-state index contributed by atoms with van der Waals surface area (Å²) in [5, 5.41) is 0. The van der Waals surface area contributed by atoms with Crippen molar-refractivity contribution in [2.45, 2.75) is 6.61 Å². The molecular weight excluding hydrogens is 338 g/mol. The van der Waals surface area contributed by atoms with Crippen LogP contribution in [0.3, 0.4) is 0 Å². The van der Waals surface area contributed by atoms with Crippen LogP contribution >= 0.6 is 0 Å². The molecule has 0 N–H and O–H groups in total. The van der Waals surface area contributed by atoms with Gasteiger partial charge in [-0.2, -0.15) is 0 Å². The zero-order chi connectivity index (χ0) is 18.5. The molecule has 0 radical (unpaired) electrons. The third-order valence-electron chi connectivity index (χ3n) is 3.88. The topological polar surface area (TPSA) is 35.5 Å².